The van der Waals surface area contributed by atoms with Crippen LogP contribution in [0.25, 0.3) is 0 Å². The number of hydrogen-bond donors (Lipinski definition) is 0. The molecule has 1 heterocycles. The van der Waals surface area contributed by atoms with E-state index in [9.17, 15) is 4.79 Å². The van der Waals surface area contributed by atoms with Gasteiger partial charge in [0, 0.05) is 11.8 Å². The molecule has 0 saturated carbocycles. The Hall–Kier alpha value is -1.83. The lowest BCUT2D eigenvalue weighted by atomic mass is 10.1. The first-order valence-electron chi connectivity index (χ1n) is 5.02. The molecule has 2 rings (SSSR count). The minimum Gasteiger partial charge on any atom is -0.308 e. The molecule has 1 aliphatic rings. The van der Waals surface area contributed by atoms with Crippen LogP contribution in [0.15, 0.2) is 54.8 Å². The standard InChI is InChI=1S/C13H13NO/c1-11-7-5-6-10-14(11)13(15)12-8-3-2-4-9-12/h2-11H,1H3. The van der Waals surface area contributed by atoms with Gasteiger partial charge in [-0.05, 0) is 25.1 Å². The van der Waals surface area contributed by atoms with E-state index in [1.54, 1.807) is 4.90 Å². The van der Waals surface area contributed by atoms with Gasteiger partial charge in [0.15, 0.2) is 0 Å². The Kier molecular flexibility index (Phi) is 2.68. The Labute approximate surface area is 89.5 Å². The van der Waals surface area contributed by atoms with Gasteiger partial charge in [0.05, 0.1) is 6.04 Å². The molecule has 0 fully saturated rings. The molecule has 0 N–H and O–H groups in total. The van der Waals surface area contributed by atoms with Gasteiger partial charge in [-0.2, -0.15) is 0 Å². The lowest BCUT2D eigenvalue weighted by molar-refractivity contribution is 0.0799. The Morgan fingerprint density at radius 3 is 2.60 bits per heavy atom. The molecule has 0 radical (unpaired) electrons. The van der Waals surface area contributed by atoms with E-state index in [1.165, 1.54) is 0 Å². The molecule has 2 heteroatoms. The van der Waals surface area contributed by atoms with Gasteiger partial charge in [-0.3, -0.25) is 4.79 Å². The predicted molar refractivity (Wildman–Crippen MR) is 60.4 cm³/mol. The normalized spacial score (nSPS) is 19.3. The molecule has 0 aromatic heterocycles. The molecule has 76 valence electrons. The Morgan fingerprint density at radius 1 is 1.20 bits per heavy atom. The zero-order valence-electron chi connectivity index (χ0n) is 8.63. The van der Waals surface area contributed by atoms with Crippen LogP contribution in [-0.4, -0.2) is 16.8 Å². The number of amides is 1. The second kappa shape index (κ2) is 4.13. The van der Waals surface area contributed by atoms with E-state index in [1.807, 2.05) is 61.7 Å². The zero-order valence-corrected chi connectivity index (χ0v) is 8.63. The van der Waals surface area contributed by atoms with Crippen molar-refractivity contribution >= 4 is 5.91 Å². The molecule has 2 nitrogen and oxygen atoms in total. The summed E-state index contributed by atoms with van der Waals surface area (Å²) >= 11 is 0. The van der Waals surface area contributed by atoms with Crippen molar-refractivity contribution in [2.75, 3.05) is 0 Å². The Balaban J connectivity index is 2.22. The zero-order chi connectivity index (χ0) is 10.7. The lowest BCUT2D eigenvalue weighted by Crippen LogP contribution is -2.33. The molecule has 0 saturated heterocycles. The third kappa shape index (κ3) is 1.99. The van der Waals surface area contributed by atoms with Gasteiger partial charge < -0.3 is 4.90 Å². The number of nitrogens with zero attached hydrogens (tertiary/aromatic N) is 1. The van der Waals surface area contributed by atoms with Crippen molar-refractivity contribution < 1.29 is 4.79 Å². The highest BCUT2D eigenvalue weighted by Crippen LogP contribution is 2.12. The molecule has 15 heavy (non-hydrogen) atoms. The topological polar surface area (TPSA) is 20.3 Å². The average molecular weight is 199 g/mol. The number of rotatable bonds is 1. The van der Waals surface area contributed by atoms with E-state index in [4.69, 9.17) is 0 Å². The first kappa shape index (κ1) is 9.71. The smallest absolute Gasteiger partial charge is 0.258 e. The fourth-order valence-electron chi connectivity index (χ4n) is 1.58. The summed E-state index contributed by atoms with van der Waals surface area (Å²) in [5.41, 5.74) is 0.726. The summed E-state index contributed by atoms with van der Waals surface area (Å²) in [4.78, 5) is 13.8. The van der Waals surface area contributed by atoms with E-state index in [0.717, 1.165) is 5.56 Å². The van der Waals surface area contributed by atoms with Crippen LogP contribution in [0, 0.1) is 0 Å². The van der Waals surface area contributed by atoms with Gasteiger partial charge in [0.1, 0.15) is 0 Å². The predicted octanol–water partition coefficient (Wildman–Crippen LogP) is 2.60. The third-order valence-electron chi connectivity index (χ3n) is 2.44. The SMILES string of the molecule is CC1C=CC=CN1C(=O)c1ccccc1. The maximum Gasteiger partial charge on any atom is 0.258 e. The molecular formula is C13H13NO. The first-order valence-corrected chi connectivity index (χ1v) is 5.02. The van der Waals surface area contributed by atoms with Crippen molar-refractivity contribution in [1.82, 2.24) is 4.90 Å². The molecule has 0 aliphatic carbocycles. The Morgan fingerprint density at radius 2 is 1.93 bits per heavy atom. The van der Waals surface area contributed by atoms with Gasteiger partial charge in [-0.15, -0.1) is 0 Å². The van der Waals surface area contributed by atoms with Gasteiger partial charge in [0.25, 0.3) is 5.91 Å². The van der Waals surface area contributed by atoms with E-state index in [2.05, 4.69) is 0 Å². The van der Waals surface area contributed by atoms with Crippen LogP contribution in [-0.2, 0) is 0 Å². The van der Waals surface area contributed by atoms with Crippen LogP contribution in [0.4, 0.5) is 0 Å². The maximum atomic E-state index is 12.1. The van der Waals surface area contributed by atoms with Crippen molar-refractivity contribution in [3.05, 3.63) is 60.3 Å². The number of allylic oxidation sites excluding steroid dienone is 2. The second-order valence-corrected chi connectivity index (χ2v) is 3.55. The molecule has 0 spiro atoms. The van der Waals surface area contributed by atoms with Crippen LogP contribution in [0.1, 0.15) is 17.3 Å². The highest BCUT2D eigenvalue weighted by atomic mass is 16.2. The minimum absolute atomic E-state index is 0.0451. The number of carbonyl (C=O) groups is 1. The molecule has 1 atom stereocenters. The minimum atomic E-state index is 0.0451. The van der Waals surface area contributed by atoms with Crippen molar-refractivity contribution in [1.29, 1.82) is 0 Å². The fourth-order valence-corrected chi connectivity index (χ4v) is 1.58. The van der Waals surface area contributed by atoms with Crippen LogP contribution in [0.3, 0.4) is 0 Å². The monoisotopic (exact) mass is 199 g/mol. The van der Waals surface area contributed by atoms with E-state index in [-0.39, 0.29) is 11.9 Å². The molecule has 1 amide bonds. The fraction of sp³-hybridized carbons (Fsp3) is 0.154. The summed E-state index contributed by atoms with van der Waals surface area (Å²) in [6.07, 6.45) is 7.65. The summed E-state index contributed by atoms with van der Waals surface area (Å²) in [7, 11) is 0. The van der Waals surface area contributed by atoms with Crippen molar-refractivity contribution in [2.45, 2.75) is 13.0 Å². The summed E-state index contributed by atoms with van der Waals surface area (Å²) in [6, 6.07) is 9.46. The summed E-state index contributed by atoms with van der Waals surface area (Å²) < 4.78 is 0. The van der Waals surface area contributed by atoms with Crippen LogP contribution in [0.5, 0.6) is 0 Å². The van der Waals surface area contributed by atoms with E-state index in [0.29, 0.717) is 0 Å². The quantitative estimate of drug-likeness (QED) is 0.680. The van der Waals surface area contributed by atoms with Gasteiger partial charge in [0.2, 0.25) is 0 Å². The molecule has 1 unspecified atom stereocenters. The largest absolute Gasteiger partial charge is 0.308 e. The molecule has 1 aliphatic heterocycles. The van der Waals surface area contributed by atoms with E-state index >= 15 is 0 Å². The van der Waals surface area contributed by atoms with Gasteiger partial charge in [-0.25, -0.2) is 0 Å². The highest BCUT2D eigenvalue weighted by Gasteiger charge is 2.18. The number of carbonyl (C=O) groups excluding carboxylic acids is 1. The number of hydrogen-bond acceptors (Lipinski definition) is 1. The summed E-state index contributed by atoms with van der Waals surface area (Å²) in [6.45, 7) is 2.00. The van der Waals surface area contributed by atoms with Crippen LogP contribution < -0.4 is 0 Å². The molecular weight excluding hydrogens is 186 g/mol. The Bertz CT molecular complexity index is 406. The third-order valence-corrected chi connectivity index (χ3v) is 2.44. The van der Waals surface area contributed by atoms with Gasteiger partial charge in [-0.1, -0.05) is 30.4 Å². The lowest BCUT2D eigenvalue weighted by Gasteiger charge is -2.25. The number of benzene rings is 1. The average Bonchev–Trinajstić information content (AvgIpc) is 2.30. The van der Waals surface area contributed by atoms with E-state index < -0.39 is 0 Å². The summed E-state index contributed by atoms with van der Waals surface area (Å²) in [5.74, 6) is 0.0451. The van der Waals surface area contributed by atoms with Gasteiger partial charge >= 0.3 is 0 Å². The van der Waals surface area contributed by atoms with Crippen molar-refractivity contribution in [2.24, 2.45) is 0 Å². The van der Waals surface area contributed by atoms with Crippen LogP contribution in [0.2, 0.25) is 0 Å². The molecule has 0 bridgehead atoms. The highest BCUT2D eigenvalue weighted by molar-refractivity contribution is 5.95. The van der Waals surface area contributed by atoms with Crippen molar-refractivity contribution in [3.63, 3.8) is 0 Å². The molecule has 1 aromatic rings. The first-order chi connectivity index (χ1) is 7.29. The van der Waals surface area contributed by atoms with Crippen molar-refractivity contribution in [3.8, 4) is 0 Å². The van der Waals surface area contributed by atoms with Crippen LogP contribution >= 0.6 is 0 Å². The molecule has 1 aromatic carbocycles. The maximum absolute atomic E-state index is 12.1. The second-order valence-electron chi connectivity index (χ2n) is 3.55. The summed E-state index contributed by atoms with van der Waals surface area (Å²) in [5, 5.41) is 0.